The molecular weight excluding hydrogens is 323 g/mol. The van der Waals surface area contributed by atoms with Crippen molar-refractivity contribution in [2.24, 2.45) is 11.7 Å². The van der Waals surface area contributed by atoms with Crippen LogP contribution in [0.3, 0.4) is 0 Å². The fourth-order valence-corrected chi connectivity index (χ4v) is 2.66. The minimum Gasteiger partial charge on any atom is -0.411 e. The molecule has 122 valence electrons. The number of thioether (sulfide) groups is 1. The van der Waals surface area contributed by atoms with E-state index in [0.717, 1.165) is 11.8 Å². The number of hydrogen-bond acceptors (Lipinski definition) is 6. The van der Waals surface area contributed by atoms with Crippen molar-refractivity contribution in [3.05, 3.63) is 30.1 Å². The van der Waals surface area contributed by atoms with Crippen LogP contribution in [0.4, 0.5) is 9.18 Å². The summed E-state index contributed by atoms with van der Waals surface area (Å²) in [6, 6.07) is 5.06. The van der Waals surface area contributed by atoms with Crippen LogP contribution in [0.15, 0.2) is 33.9 Å². The van der Waals surface area contributed by atoms with Gasteiger partial charge < -0.3 is 10.2 Å². The Bertz CT molecular complexity index is 720. The largest absolute Gasteiger partial charge is 0.411 e. The number of carbonyl (C=O) groups excluding carboxylic acids is 2. The maximum atomic E-state index is 13.7. The van der Waals surface area contributed by atoms with E-state index in [-0.39, 0.29) is 22.6 Å². The lowest BCUT2D eigenvalue weighted by Crippen LogP contribution is -2.42. The van der Waals surface area contributed by atoms with E-state index >= 15 is 0 Å². The zero-order valence-electron chi connectivity index (χ0n) is 12.4. The number of rotatable bonds is 5. The number of primary amides is 1. The topological polar surface area (TPSA) is 111 Å². The minimum atomic E-state index is -0.932. The molecule has 2 aromatic rings. The molecule has 0 spiro atoms. The lowest BCUT2D eigenvalue weighted by molar-refractivity contribution is -0.120. The predicted molar refractivity (Wildman–Crippen MR) is 81.9 cm³/mol. The van der Waals surface area contributed by atoms with Crippen LogP contribution in [0.25, 0.3) is 11.5 Å². The number of urea groups is 1. The third-order valence-electron chi connectivity index (χ3n) is 2.85. The van der Waals surface area contributed by atoms with Gasteiger partial charge in [-0.25, -0.2) is 9.18 Å². The zero-order chi connectivity index (χ0) is 17.0. The second-order valence-electron chi connectivity index (χ2n) is 4.99. The van der Waals surface area contributed by atoms with E-state index in [9.17, 15) is 14.0 Å². The van der Waals surface area contributed by atoms with Crippen LogP contribution in [-0.4, -0.2) is 27.4 Å². The normalized spacial score (nSPS) is 12.2. The molecule has 2 rings (SSSR count). The summed E-state index contributed by atoms with van der Waals surface area (Å²) in [4.78, 5) is 22.8. The van der Waals surface area contributed by atoms with Gasteiger partial charge in [0.1, 0.15) is 5.82 Å². The summed E-state index contributed by atoms with van der Waals surface area (Å²) in [5.41, 5.74) is 5.12. The number of benzene rings is 1. The Morgan fingerprint density at radius 2 is 2.00 bits per heavy atom. The van der Waals surface area contributed by atoms with Crippen LogP contribution in [0, 0.1) is 11.7 Å². The summed E-state index contributed by atoms with van der Waals surface area (Å²) < 4.78 is 19.1. The Balaban J connectivity index is 2.18. The van der Waals surface area contributed by atoms with E-state index < -0.39 is 23.0 Å². The van der Waals surface area contributed by atoms with E-state index in [4.69, 9.17) is 10.2 Å². The number of hydrogen-bond donors (Lipinski definition) is 2. The molecule has 0 fully saturated rings. The van der Waals surface area contributed by atoms with Gasteiger partial charge in [-0.2, -0.15) is 0 Å². The van der Waals surface area contributed by atoms with Crippen molar-refractivity contribution in [1.82, 2.24) is 15.5 Å². The summed E-state index contributed by atoms with van der Waals surface area (Å²) in [7, 11) is 0. The number of nitrogens with one attached hydrogen (secondary N) is 1. The quantitative estimate of drug-likeness (QED) is 0.808. The van der Waals surface area contributed by atoms with E-state index in [2.05, 4.69) is 10.2 Å². The zero-order valence-corrected chi connectivity index (χ0v) is 13.3. The average Bonchev–Trinajstić information content (AvgIpc) is 2.92. The Hall–Kier alpha value is -2.42. The number of imide groups is 1. The van der Waals surface area contributed by atoms with Gasteiger partial charge >= 0.3 is 6.03 Å². The van der Waals surface area contributed by atoms with Crippen molar-refractivity contribution in [2.75, 3.05) is 0 Å². The van der Waals surface area contributed by atoms with Gasteiger partial charge in [-0.05, 0) is 18.1 Å². The van der Waals surface area contributed by atoms with Gasteiger partial charge in [0, 0.05) is 0 Å². The van der Waals surface area contributed by atoms with Crippen LogP contribution < -0.4 is 11.1 Å². The predicted octanol–water partition coefficient (Wildman–Crippen LogP) is 2.19. The van der Waals surface area contributed by atoms with Gasteiger partial charge in [-0.15, -0.1) is 10.2 Å². The third kappa shape index (κ3) is 4.28. The van der Waals surface area contributed by atoms with Crippen molar-refractivity contribution in [2.45, 2.75) is 24.3 Å². The monoisotopic (exact) mass is 338 g/mol. The van der Waals surface area contributed by atoms with Gasteiger partial charge in [0.2, 0.25) is 5.91 Å². The van der Waals surface area contributed by atoms with Crippen LogP contribution in [-0.2, 0) is 4.79 Å². The maximum absolute atomic E-state index is 13.7. The van der Waals surface area contributed by atoms with E-state index in [1.54, 1.807) is 26.0 Å². The summed E-state index contributed by atoms with van der Waals surface area (Å²) in [6.45, 7) is 3.60. The molecule has 0 unspecified atom stereocenters. The van der Waals surface area contributed by atoms with Crippen molar-refractivity contribution in [3.8, 4) is 11.5 Å². The molecule has 3 N–H and O–H groups in total. The molecule has 0 radical (unpaired) electrons. The molecule has 0 saturated heterocycles. The van der Waals surface area contributed by atoms with Crippen molar-refractivity contribution in [3.63, 3.8) is 0 Å². The molecule has 0 aliphatic heterocycles. The molecule has 1 atom stereocenters. The Morgan fingerprint density at radius 3 is 2.61 bits per heavy atom. The van der Waals surface area contributed by atoms with Gasteiger partial charge in [0.25, 0.3) is 11.1 Å². The number of nitrogens with two attached hydrogens (primary N) is 1. The molecule has 0 saturated carbocycles. The molecule has 0 aliphatic rings. The molecule has 3 amide bonds. The second kappa shape index (κ2) is 7.23. The Morgan fingerprint density at radius 1 is 1.30 bits per heavy atom. The smallest absolute Gasteiger partial charge is 0.318 e. The number of carbonyl (C=O) groups is 2. The van der Waals surface area contributed by atoms with Crippen molar-refractivity contribution >= 4 is 23.7 Å². The van der Waals surface area contributed by atoms with Crippen LogP contribution >= 0.6 is 11.8 Å². The highest BCUT2D eigenvalue weighted by atomic mass is 32.2. The average molecular weight is 338 g/mol. The molecule has 1 aromatic heterocycles. The van der Waals surface area contributed by atoms with E-state index in [1.165, 1.54) is 12.1 Å². The highest BCUT2D eigenvalue weighted by Crippen LogP contribution is 2.30. The molecule has 1 aromatic carbocycles. The molecule has 0 bridgehead atoms. The van der Waals surface area contributed by atoms with Gasteiger partial charge in [0.15, 0.2) is 0 Å². The molecule has 1 heterocycles. The highest BCUT2D eigenvalue weighted by Gasteiger charge is 2.27. The van der Waals surface area contributed by atoms with Crippen molar-refractivity contribution in [1.29, 1.82) is 0 Å². The maximum Gasteiger partial charge on any atom is 0.318 e. The fraction of sp³-hybridized carbons (Fsp3) is 0.286. The second-order valence-corrected chi connectivity index (χ2v) is 6.08. The number of nitrogens with zero attached hydrogens (tertiary/aromatic N) is 2. The molecular formula is C14H15FN4O3S. The first-order valence-electron chi connectivity index (χ1n) is 6.74. The first-order chi connectivity index (χ1) is 10.9. The van der Waals surface area contributed by atoms with Crippen LogP contribution in [0.5, 0.6) is 0 Å². The summed E-state index contributed by atoms with van der Waals surface area (Å²) >= 11 is 0.986. The van der Waals surface area contributed by atoms with E-state index in [0.29, 0.717) is 0 Å². The van der Waals surface area contributed by atoms with Gasteiger partial charge in [-0.1, -0.05) is 37.7 Å². The third-order valence-corrected chi connectivity index (χ3v) is 4.23. The number of aromatic nitrogens is 2. The first-order valence-corrected chi connectivity index (χ1v) is 7.61. The molecule has 9 heteroatoms. The van der Waals surface area contributed by atoms with E-state index in [1.807, 2.05) is 5.32 Å². The molecule has 23 heavy (non-hydrogen) atoms. The number of halogens is 1. The fourth-order valence-electron chi connectivity index (χ4n) is 1.79. The molecule has 7 nitrogen and oxygen atoms in total. The Labute approximate surface area is 135 Å². The van der Waals surface area contributed by atoms with Crippen LogP contribution in [0.2, 0.25) is 0 Å². The minimum absolute atomic E-state index is 0.0171. The standard InChI is InChI=1S/C14H15FN4O3S/c1-7(2)10(11(20)17-13(16)21)23-14-19-18-12(22-14)8-5-3-4-6-9(8)15/h3-7,10H,1-2H3,(H3,16,17,20,21)/t10-/m1/s1. The summed E-state index contributed by atoms with van der Waals surface area (Å²) in [5, 5.41) is 9.04. The first kappa shape index (κ1) is 16.9. The highest BCUT2D eigenvalue weighted by molar-refractivity contribution is 8.00. The molecule has 0 aliphatic carbocycles. The lowest BCUT2D eigenvalue weighted by atomic mass is 10.1. The number of amides is 3. The summed E-state index contributed by atoms with van der Waals surface area (Å²) in [6.07, 6.45) is 0. The van der Waals surface area contributed by atoms with Crippen LogP contribution in [0.1, 0.15) is 13.8 Å². The lowest BCUT2D eigenvalue weighted by Gasteiger charge is -2.16. The SMILES string of the molecule is CC(C)[C@@H](Sc1nnc(-c2ccccc2F)o1)C(=O)NC(N)=O. The Kier molecular flexibility index (Phi) is 5.32. The summed E-state index contributed by atoms with van der Waals surface area (Å²) in [5.74, 6) is -1.14. The van der Waals surface area contributed by atoms with Gasteiger partial charge in [0.05, 0.1) is 10.8 Å². The van der Waals surface area contributed by atoms with Crippen molar-refractivity contribution < 1.29 is 18.4 Å². The van der Waals surface area contributed by atoms with Gasteiger partial charge in [-0.3, -0.25) is 10.1 Å².